The van der Waals surface area contributed by atoms with Gasteiger partial charge >= 0.3 is 0 Å². The first-order valence-electron chi connectivity index (χ1n) is 5.44. The van der Waals surface area contributed by atoms with Crippen LogP contribution in [0.3, 0.4) is 0 Å². The largest absolute Gasteiger partial charge is 0.507 e. The van der Waals surface area contributed by atoms with E-state index in [1.165, 1.54) is 11.0 Å². The van der Waals surface area contributed by atoms with E-state index < -0.39 is 12.2 Å². The molecule has 5 nitrogen and oxygen atoms in total. The molecule has 0 radical (unpaired) electrons. The molecule has 1 saturated heterocycles. The van der Waals surface area contributed by atoms with Gasteiger partial charge in [0.2, 0.25) is 0 Å². The minimum Gasteiger partial charge on any atom is -0.507 e. The van der Waals surface area contributed by atoms with Crippen LogP contribution in [-0.2, 0) is 0 Å². The summed E-state index contributed by atoms with van der Waals surface area (Å²) in [5, 5.41) is 28.5. The fraction of sp³-hybridized carbons (Fsp3) is 0.417. The van der Waals surface area contributed by atoms with Crippen molar-refractivity contribution in [3.8, 4) is 5.75 Å². The van der Waals surface area contributed by atoms with Crippen LogP contribution in [0.15, 0.2) is 18.2 Å². The normalized spacial score (nSPS) is 24.1. The zero-order chi connectivity index (χ0) is 12.6. The van der Waals surface area contributed by atoms with Gasteiger partial charge in [0.25, 0.3) is 5.91 Å². The number of aryl methyl sites for hydroxylation is 1. The van der Waals surface area contributed by atoms with Crippen molar-refractivity contribution in [2.75, 3.05) is 13.1 Å². The first-order chi connectivity index (χ1) is 8.00. The lowest BCUT2D eigenvalue weighted by atomic mass is 10.1. The summed E-state index contributed by atoms with van der Waals surface area (Å²) in [6, 6.07) is 4.84. The monoisotopic (exact) mass is 237 g/mol. The van der Waals surface area contributed by atoms with E-state index in [0.717, 1.165) is 0 Å². The predicted molar refractivity (Wildman–Crippen MR) is 60.8 cm³/mol. The molecule has 92 valence electrons. The van der Waals surface area contributed by atoms with E-state index in [1.54, 1.807) is 19.1 Å². The number of hydrogen-bond donors (Lipinski definition) is 3. The molecule has 0 bridgehead atoms. The Morgan fingerprint density at radius 1 is 1.29 bits per heavy atom. The predicted octanol–water partition coefficient (Wildman–Crippen LogP) is -0.122. The lowest BCUT2D eigenvalue weighted by Crippen LogP contribution is -2.30. The Labute approximate surface area is 98.9 Å². The number of carbonyl (C=O) groups is 1. The Morgan fingerprint density at radius 3 is 2.41 bits per heavy atom. The van der Waals surface area contributed by atoms with Gasteiger partial charge in [-0.1, -0.05) is 12.1 Å². The van der Waals surface area contributed by atoms with Gasteiger partial charge < -0.3 is 20.2 Å². The Balaban J connectivity index is 2.27. The molecule has 2 rings (SSSR count). The molecule has 0 saturated carbocycles. The Kier molecular flexibility index (Phi) is 3.04. The number of carbonyl (C=O) groups excluding carboxylic acids is 1. The van der Waals surface area contributed by atoms with E-state index in [0.29, 0.717) is 5.56 Å². The summed E-state index contributed by atoms with van der Waals surface area (Å²) in [7, 11) is 0. The van der Waals surface area contributed by atoms with Crippen LogP contribution in [0.1, 0.15) is 15.9 Å². The number of benzene rings is 1. The van der Waals surface area contributed by atoms with Crippen LogP contribution in [0.5, 0.6) is 5.75 Å². The topological polar surface area (TPSA) is 81.0 Å². The van der Waals surface area contributed by atoms with Crippen LogP contribution in [-0.4, -0.2) is 51.4 Å². The highest BCUT2D eigenvalue weighted by atomic mass is 16.3. The molecule has 5 heteroatoms. The number of hydrogen-bond acceptors (Lipinski definition) is 4. The SMILES string of the molecule is Cc1cccc(O)c1C(=O)N1C[C@H](O)[C@@H](O)C1. The van der Waals surface area contributed by atoms with E-state index in [9.17, 15) is 20.1 Å². The van der Waals surface area contributed by atoms with E-state index in [4.69, 9.17) is 0 Å². The molecule has 2 atom stereocenters. The minimum atomic E-state index is -0.912. The molecular formula is C12H15NO4. The number of rotatable bonds is 1. The molecule has 1 heterocycles. The van der Waals surface area contributed by atoms with Crippen molar-refractivity contribution < 1.29 is 20.1 Å². The van der Waals surface area contributed by atoms with E-state index in [2.05, 4.69) is 0 Å². The van der Waals surface area contributed by atoms with Gasteiger partial charge in [0.1, 0.15) is 5.75 Å². The Bertz CT molecular complexity index is 416. The number of phenolic OH excluding ortho intramolecular Hbond substituents is 1. The molecule has 17 heavy (non-hydrogen) atoms. The van der Waals surface area contributed by atoms with Crippen molar-refractivity contribution in [3.63, 3.8) is 0 Å². The van der Waals surface area contributed by atoms with Gasteiger partial charge in [0, 0.05) is 13.1 Å². The molecule has 1 aromatic rings. The summed E-state index contributed by atoms with van der Waals surface area (Å²) in [4.78, 5) is 13.5. The molecule has 1 fully saturated rings. The van der Waals surface area contributed by atoms with E-state index in [-0.39, 0.29) is 30.3 Å². The summed E-state index contributed by atoms with van der Waals surface area (Å²) in [5.41, 5.74) is 0.902. The second-order valence-corrected chi connectivity index (χ2v) is 4.31. The summed E-state index contributed by atoms with van der Waals surface area (Å²) < 4.78 is 0. The second kappa shape index (κ2) is 4.35. The van der Waals surface area contributed by atoms with Gasteiger partial charge in [-0.3, -0.25) is 4.79 Å². The smallest absolute Gasteiger partial charge is 0.258 e. The van der Waals surface area contributed by atoms with Crippen molar-refractivity contribution in [1.29, 1.82) is 0 Å². The maximum absolute atomic E-state index is 12.1. The van der Waals surface area contributed by atoms with Crippen molar-refractivity contribution in [3.05, 3.63) is 29.3 Å². The molecule has 1 amide bonds. The van der Waals surface area contributed by atoms with Crippen LogP contribution in [0.2, 0.25) is 0 Å². The molecule has 0 aliphatic carbocycles. The fourth-order valence-corrected chi connectivity index (χ4v) is 2.02. The van der Waals surface area contributed by atoms with Gasteiger partial charge in [-0.15, -0.1) is 0 Å². The highest BCUT2D eigenvalue weighted by Gasteiger charge is 2.34. The lowest BCUT2D eigenvalue weighted by molar-refractivity contribution is 0.0572. The van der Waals surface area contributed by atoms with Crippen LogP contribution in [0, 0.1) is 6.92 Å². The second-order valence-electron chi connectivity index (χ2n) is 4.31. The molecule has 3 N–H and O–H groups in total. The van der Waals surface area contributed by atoms with Crippen LogP contribution in [0.4, 0.5) is 0 Å². The van der Waals surface area contributed by atoms with E-state index >= 15 is 0 Å². The zero-order valence-corrected chi connectivity index (χ0v) is 9.50. The van der Waals surface area contributed by atoms with E-state index in [1.807, 2.05) is 0 Å². The lowest BCUT2D eigenvalue weighted by Gasteiger charge is -2.17. The molecule has 0 unspecified atom stereocenters. The number of likely N-dealkylation sites (tertiary alicyclic amines) is 1. The third-order valence-electron chi connectivity index (χ3n) is 3.01. The zero-order valence-electron chi connectivity index (χ0n) is 9.50. The molecule has 0 aromatic heterocycles. The summed E-state index contributed by atoms with van der Waals surface area (Å²) in [6.07, 6.45) is -1.82. The summed E-state index contributed by atoms with van der Waals surface area (Å²) >= 11 is 0. The highest BCUT2D eigenvalue weighted by Crippen LogP contribution is 2.24. The third kappa shape index (κ3) is 2.11. The number of nitrogens with zero attached hydrogens (tertiary/aromatic N) is 1. The van der Waals surface area contributed by atoms with Crippen LogP contribution < -0.4 is 0 Å². The molecule has 1 aliphatic heterocycles. The molecule has 1 aliphatic rings. The first kappa shape index (κ1) is 11.9. The number of aliphatic hydroxyl groups excluding tert-OH is 2. The van der Waals surface area contributed by atoms with Gasteiger partial charge in [0.15, 0.2) is 0 Å². The molecular weight excluding hydrogens is 222 g/mol. The maximum atomic E-state index is 12.1. The third-order valence-corrected chi connectivity index (χ3v) is 3.01. The summed E-state index contributed by atoms with van der Waals surface area (Å²) in [5.74, 6) is -0.443. The van der Waals surface area contributed by atoms with Gasteiger partial charge in [-0.05, 0) is 18.6 Å². The van der Waals surface area contributed by atoms with Crippen molar-refractivity contribution in [2.24, 2.45) is 0 Å². The number of phenols is 1. The maximum Gasteiger partial charge on any atom is 0.258 e. The molecule has 0 spiro atoms. The van der Waals surface area contributed by atoms with Crippen LogP contribution in [0.25, 0.3) is 0 Å². The average molecular weight is 237 g/mol. The standard InChI is InChI=1S/C12H15NO4/c1-7-3-2-4-8(14)11(7)12(17)13-5-9(15)10(16)6-13/h2-4,9-10,14-16H,5-6H2,1H3/t9-,10-/m0/s1. The Hall–Kier alpha value is -1.59. The first-order valence-corrected chi connectivity index (χ1v) is 5.44. The van der Waals surface area contributed by atoms with Gasteiger partial charge in [-0.25, -0.2) is 0 Å². The number of aromatic hydroxyl groups is 1. The minimum absolute atomic E-state index is 0.0779. The number of β-amino-alcohol motifs (C(OH)–C–C–N with tert-alkyl or cyclic N) is 2. The molecule has 1 aromatic carbocycles. The van der Waals surface area contributed by atoms with Gasteiger partial charge in [-0.2, -0.15) is 0 Å². The van der Waals surface area contributed by atoms with Crippen molar-refractivity contribution in [1.82, 2.24) is 4.90 Å². The van der Waals surface area contributed by atoms with Crippen molar-refractivity contribution >= 4 is 5.91 Å². The quantitative estimate of drug-likeness (QED) is 0.636. The highest BCUT2D eigenvalue weighted by molar-refractivity contribution is 5.98. The number of aliphatic hydroxyl groups is 2. The fourth-order valence-electron chi connectivity index (χ4n) is 2.02. The Morgan fingerprint density at radius 2 is 1.88 bits per heavy atom. The average Bonchev–Trinajstić information content (AvgIpc) is 2.59. The van der Waals surface area contributed by atoms with Crippen LogP contribution >= 0.6 is 0 Å². The summed E-state index contributed by atoms with van der Waals surface area (Å²) in [6.45, 7) is 1.91. The van der Waals surface area contributed by atoms with Gasteiger partial charge in [0.05, 0.1) is 17.8 Å². The number of amides is 1. The van der Waals surface area contributed by atoms with Crippen molar-refractivity contribution in [2.45, 2.75) is 19.1 Å².